The predicted molar refractivity (Wildman–Crippen MR) is 103 cm³/mol. The van der Waals surface area contributed by atoms with Gasteiger partial charge >= 0.3 is 6.18 Å². The van der Waals surface area contributed by atoms with Crippen LogP contribution in [0.1, 0.15) is 29.3 Å². The van der Waals surface area contributed by atoms with Crippen LogP contribution in [0.2, 0.25) is 0 Å². The zero-order valence-electron chi connectivity index (χ0n) is 16.7. The van der Waals surface area contributed by atoms with Crippen LogP contribution in [-0.2, 0) is 18.0 Å². The Morgan fingerprint density at radius 3 is 2.55 bits per heavy atom. The zero-order valence-corrected chi connectivity index (χ0v) is 16.7. The Morgan fingerprint density at radius 1 is 1.21 bits per heavy atom. The number of aryl methyl sites for hydroxylation is 4. The zero-order chi connectivity index (χ0) is 21.5. The van der Waals surface area contributed by atoms with E-state index in [2.05, 4.69) is 15.4 Å². The molecule has 1 aromatic carbocycles. The number of nitrogens with zero attached hydrogens (tertiary/aromatic N) is 3. The number of anilines is 1. The van der Waals surface area contributed by atoms with Crippen molar-refractivity contribution in [3.8, 4) is 5.88 Å². The Kier molecular flexibility index (Phi) is 5.25. The minimum Gasteiger partial charge on any atom is -0.464 e. The molecule has 0 radical (unpaired) electrons. The topological polar surface area (TPSA) is 69.0 Å². The maximum atomic E-state index is 13.6. The third-order valence-corrected chi connectivity index (χ3v) is 4.57. The van der Waals surface area contributed by atoms with Crippen molar-refractivity contribution in [2.45, 2.75) is 40.0 Å². The number of halogens is 3. The standard InChI is InChI=1S/C20H21F3N4O2/c1-10-6-7-11(2)15(8-10)24-19(28)13(4)29-16-9-14(20(21,22)23)17-12(3)26-27(5)18(17)25-16/h6-9,13H,1-5H3,(H,24,28). The molecule has 0 bridgehead atoms. The molecule has 0 saturated carbocycles. The highest BCUT2D eigenvalue weighted by molar-refractivity contribution is 5.95. The lowest BCUT2D eigenvalue weighted by Crippen LogP contribution is -2.30. The van der Waals surface area contributed by atoms with Gasteiger partial charge in [-0.25, -0.2) is 0 Å². The van der Waals surface area contributed by atoms with Crippen LogP contribution >= 0.6 is 0 Å². The molecule has 1 unspecified atom stereocenters. The molecule has 29 heavy (non-hydrogen) atoms. The molecular formula is C20H21F3N4O2. The number of hydrogen-bond donors (Lipinski definition) is 1. The van der Waals surface area contributed by atoms with E-state index in [9.17, 15) is 18.0 Å². The number of ether oxygens (including phenoxy) is 1. The van der Waals surface area contributed by atoms with Crippen molar-refractivity contribution in [1.82, 2.24) is 14.8 Å². The Labute approximate surface area is 165 Å². The minimum atomic E-state index is -4.61. The van der Waals surface area contributed by atoms with Crippen molar-refractivity contribution in [2.75, 3.05) is 5.32 Å². The lowest BCUT2D eigenvalue weighted by atomic mass is 10.1. The third kappa shape index (κ3) is 4.18. The number of hydrogen-bond acceptors (Lipinski definition) is 4. The largest absolute Gasteiger partial charge is 0.464 e. The van der Waals surface area contributed by atoms with Gasteiger partial charge in [0.05, 0.1) is 16.6 Å². The maximum Gasteiger partial charge on any atom is 0.417 e. The van der Waals surface area contributed by atoms with Gasteiger partial charge < -0.3 is 10.1 Å². The summed E-state index contributed by atoms with van der Waals surface area (Å²) in [6.07, 6.45) is -5.67. The van der Waals surface area contributed by atoms with Gasteiger partial charge in [-0.05, 0) is 44.9 Å². The van der Waals surface area contributed by atoms with Gasteiger partial charge in [-0.1, -0.05) is 12.1 Å². The van der Waals surface area contributed by atoms with Gasteiger partial charge in [-0.3, -0.25) is 9.48 Å². The maximum absolute atomic E-state index is 13.6. The summed E-state index contributed by atoms with van der Waals surface area (Å²) in [5.41, 5.74) is 1.80. The van der Waals surface area contributed by atoms with Crippen LogP contribution in [0.5, 0.6) is 5.88 Å². The van der Waals surface area contributed by atoms with Crippen LogP contribution in [0.15, 0.2) is 24.3 Å². The van der Waals surface area contributed by atoms with Crippen LogP contribution in [0.3, 0.4) is 0 Å². The number of carbonyl (C=O) groups is 1. The second-order valence-corrected chi connectivity index (χ2v) is 6.98. The van der Waals surface area contributed by atoms with Gasteiger partial charge in [0.2, 0.25) is 5.88 Å². The monoisotopic (exact) mass is 406 g/mol. The van der Waals surface area contributed by atoms with E-state index in [1.165, 1.54) is 25.6 Å². The summed E-state index contributed by atoms with van der Waals surface area (Å²) >= 11 is 0. The molecule has 9 heteroatoms. The van der Waals surface area contributed by atoms with Crippen LogP contribution in [0, 0.1) is 20.8 Å². The molecule has 154 valence electrons. The van der Waals surface area contributed by atoms with E-state index in [0.717, 1.165) is 17.2 Å². The molecule has 3 aromatic rings. The number of benzene rings is 1. The normalized spacial score (nSPS) is 12.8. The molecular weight excluding hydrogens is 385 g/mol. The average Bonchev–Trinajstić information content (AvgIpc) is 2.90. The van der Waals surface area contributed by atoms with E-state index in [1.54, 1.807) is 0 Å². The van der Waals surface area contributed by atoms with E-state index < -0.39 is 23.8 Å². The highest BCUT2D eigenvalue weighted by atomic mass is 19.4. The van der Waals surface area contributed by atoms with Crippen molar-refractivity contribution < 1.29 is 22.7 Å². The summed E-state index contributed by atoms with van der Waals surface area (Å²) in [6.45, 7) is 6.67. The van der Waals surface area contributed by atoms with Crippen LogP contribution in [0.4, 0.5) is 18.9 Å². The first-order chi connectivity index (χ1) is 13.5. The number of aromatic nitrogens is 3. The van der Waals surface area contributed by atoms with Gasteiger partial charge in [0.1, 0.15) is 0 Å². The van der Waals surface area contributed by atoms with E-state index in [4.69, 9.17) is 4.74 Å². The Bertz CT molecular complexity index is 1090. The van der Waals surface area contributed by atoms with Crippen LogP contribution in [-0.4, -0.2) is 26.8 Å². The fourth-order valence-corrected chi connectivity index (χ4v) is 3.05. The Balaban J connectivity index is 1.90. The van der Waals surface area contributed by atoms with Crippen LogP contribution < -0.4 is 10.1 Å². The number of amides is 1. The molecule has 2 aromatic heterocycles. The molecule has 1 N–H and O–H groups in total. The van der Waals surface area contributed by atoms with E-state index in [0.29, 0.717) is 5.69 Å². The molecule has 0 spiro atoms. The SMILES string of the molecule is Cc1ccc(C)c(NC(=O)C(C)Oc2cc(C(F)(F)F)c3c(C)nn(C)c3n2)c1. The van der Waals surface area contributed by atoms with Gasteiger partial charge in [-0.15, -0.1) is 0 Å². The lowest BCUT2D eigenvalue weighted by Gasteiger charge is -2.17. The summed E-state index contributed by atoms with van der Waals surface area (Å²) in [5.74, 6) is -0.785. The fraction of sp³-hybridized carbons (Fsp3) is 0.350. The van der Waals surface area contributed by atoms with E-state index in [1.807, 2.05) is 32.0 Å². The summed E-state index contributed by atoms with van der Waals surface area (Å²) in [5, 5.41) is 6.67. The van der Waals surface area contributed by atoms with Crippen molar-refractivity contribution >= 4 is 22.6 Å². The summed E-state index contributed by atoms with van der Waals surface area (Å²) < 4.78 is 47.4. The third-order valence-electron chi connectivity index (χ3n) is 4.57. The highest BCUT2D eigenvalue weighted by Crippen LogP contribution is 2.37. The molecule has 3 rings (SSSR count). The van der Waals surface area contributed by atoms with Crippen molar-refractivity contribution in [2.24, 2.45) is 7.05 Å². The molecule has 6 nitrogen and oxygen atoms in total. The lowest BCUT2D eigenvalue weighted by molar-refractivity contribution is -0.136. The first-order valence-corrected chi connectivity index (χ1v) is 8.93. The first-order valence-electron chi connectivity index (χ1n) is 8.93. The molecule has 2 heterocycles. The highest BCUT2D eigenvalue weighted by Gasteiger charge is 2.36. The number of carbonyl (C=O) groups excluding carboxylic acids is 1. The molecule has 0 saturated heterocycles. The van der Waals surface area contributed by atoms with E-state index in [-0.39, 0.29) is 22.6 Å². The second kappa shape index (κ2) is 7.38. The first kappa shape index (κ1) is 20.6. The van der Waals surface area contributed by atoms with Gasteiger partial charge in [0, 0.05) is 18.8 Å². The predicted octanol–water partition coefficient (Wildman–Crippen LogP) is 4.32. The van der Waals surface area contributed by atoms with Gasteiger partial charge in [0.15, 0.2) is 11.8 Å². The fourth-order valence-electron chi connectivity index (χ4n) is 3.05. The van der Waals surface area contributed by atoms with Crippen LogP contribution in [0.25, 0.3) is 11.0 Å². The number of fused-ring (bicyclic) bond motifs is 1. The summed E-state index contributed by atoms with van der Waals surface area (Å²) in [6, 6.07) is 6.40. The Hall–Kier alpha value is -3.10. The second-order valence-electron chi connectivity index (χ2n) is 6.98. The molecule has 0 aliphatic carbocycles. The number of pyridine rings is 1. The molecule has 1 amide bonds. The number of rotatable bonds is 4. The van der Waals surface area contributed by atoms with Gasteiger partial charge in [0.25, 0.3) is 5.91 Å². The molecule has 0 aliphatic heterocycles. The van der Waals surface area contributed by atoms with Crippen molar-refractivity contribution in [1.29, 1.82) is 0 Å². The quantitative estimate of drug-likeness (QED) is 0.701. The molecule has 0 fully saturated rings. The summed E-state index contributed by atoms with van der Waals surface area (Å²) in [4.78, 5) is 16.6. The average molecular weight is 406 g/mol. The van der Waals surface area contributed by atoms with E-state index >= 15 is 0 Å². The van der Waals surface area contributed by atoms with Crippen molar-refractivity contribution in [3.63, 3.8) is 0 Å². The number of alkyl halides is 3. The number of nitrogens with one attached hydrogen (secondary N) is 1. The smallest absolute Gasteiger partial charge is 0.417 e. The molecule has 0 aliphatic rings. The minimum absolute atomic E-state index is 0.0365. The molecule has 1 atom stereocenters. The van der Waals surface area contributed by atoms with Crippen molar-refractivity contribution in [3.05, 3.63) is 46.6 Å². The van der Waals surface area contributed by atoms with Gasteiger partial charge in [-0.2, -0.15) is 23.3 Å². The summed E-state index contributed by atoms with van der Waals surface area (Å²) in [7, 11) is 1.50. The Morgan fingerprint density at radius 2 is 1.90 bits per heavy atom.